The highest BCUT2D eigenvalue weighted by Gasteiger charge is 2.18. The molecule has 1 heterocycles. The number of Topliss-reactive ketones (excluding diaryl/α,β-unsaturated/α-hetero) is 1. The molecule has 0 bridgehead atoms. The summed E-state index contributed by atoms with van der Waals surface area (Å²) in [6.45, 7) is 7.63. The third-order valence-electron chi connectivity index (χ3n) is 5.20. The number of hydrogen-bond donors (Lipinski definition) is 1. The number of ketones is 1. The Kier molecular flexibility index (Phi) is 8.12. The third kappa shape index (κ3) is 6.36. The number of carbonyl (C=O) groups excluding carboxylic acids is 2. The van der Waals surface area contributed by atoms with E-state index in [2.05, 4.69) is 26.0 Å². The quantitative estimate of drug-likeness (QED) is 0.338. The molecular weight excluding hydrogens is 414 g/mol. The van der Waals surface area contributed by atoms with Crippen LogP contribution in [0.15, 0.2) is 60.7 Å². The lowest BCUT2D eigenvalue weighted by atomic mass is 9.90. The highest BCUT2D eigenvalue weighted by atomic mass is 16.5. The van der Waals surface area contributed by atoms with Crippen molar-refractivity contribution in [3.05, 3.63) is 71.9 Å². The number of aromatic nitrogens is 1. The highest BCUT2D eigenvalue weighted by molar-refractivity contribution is 5.99. The summed E-state index contributed by atoms with van der Waals surface area (Å²) in [5, 5.41) is 11.5. The topological polar surface area (TPSA) is 76.5 Å². The second-order valence-corrected chi connectivity index (χ2v) is 8.71. The van der Waals surface area contributed by atoms with E-state index in [1.807, 2.05) is 48.5 Å². The van der Waals surface area contributed by atoms with Crippen LogP contribution in [0.3, 0.4) is 0 Å². The molecule has 3 aromatic rings. The predicted molar refractivity (Wildman–Crippen MR) is 132 cm³/mol. The van der Waals surface area contributed by atoms with Gasteiger partial charge in [0.25, 0.3) is 0 Å². The lowest BCUT2D eigenvalue weighted by Crippen LogP contribution is -2.18. The molecule has 0 amide bonds. The molecule has 0 aliphatic rings. The SMILES string of the molecule is CC(C)OC(=O)CC(=O)C[C@H](O)C=Cc1c(C(C)C)nc2ccccc2c1-c1ccccc1. The first-order valence-electron chi connectivity index (χ1n) is 11.3. The number of aliphatic hydroxyl groups excluding tert-OH is 1. The van der Waals surface area contributed by atoms with Crippen LogP contribution in [0.1, 0.15) is 57.7 Å². The molecule has 1 aromatic heterocycles. The summed E-state index contributed by atoms with van der Waals surface area (Å²) in [6.07, 6.45) is 1.67. The fourth-order valence-electron chi connectivity index (χ4n) is 3.82. The average Bonchev–Trinajstić information content (AvgIpc) is 2.76. The van der Waals surface area contributed by atoms with E-state index in [0.29, 0.717) is 0 Å². The summed E-state index contributed by atoms with van der Waals surface area (Å²) < 4.78 is 5.01. The van der Waals surface area contributed by atoms with Crippen LogP contribution in [0.4, 0.5) is 0 Å². The fraction of sp³-hybridized carbons (Fsp3) is 0.321. The van der Waals surface area contributed by atoms with Gasteiger partial charge < -0.3 is 9.84 Å². The summed E-state index contributed by atoms with van der Waals surface area (Å²) in [7, 11) is 0. The van der Waals surface area contributed by atoms with E-state index >= 15 is 0 Å². The first kappa shape index (κ1) is 24.3. The molecule has 0 aliphatic carbocycles. The standard InChI is InChI=1S/C28H31NO4/c1-18(2)28-24(15-14-21(30)16-22(31)17-26(32)33-19(3)4)27(20-10-6-5-7-11-20)23-12-8-9-13-25(23)29-28/h5-15,18-19,21,30H,16-17H2,1-4H3/t21-/m1/s1. The van der Waals surface area contributed by atoms with Crippen LogP contribution >= 0.6 is 0 Å². The normalized spacial score (nSPS) is 12.6. The molecule has 0 saturated heterocycles. The molecule has 0 radical (unpaired) electrons. The van der Waals surface area contributed by atoms with Crippen molar-refractivity contribution in [2.45, 2.75) is 58.7 Å². The van der Waals surface area contributed by atoms with Gasteiger partial charge in [-0.2, -0.15) is 0 Å². The maximum atomic E-state index is 12.2. The molecule has 0 spiro atoms. The minimum atomic E-state index is -1.01. The van der Waals surface area contributed by atoms with Crippen LogP contribution in [-0.2, 0) is 14.3 Å². The van der Waals surface area contributed by atoms with Gasteiger partial charge in [-0.3, -0.25) is 14.6 Å². The number of rotatable bonds is 9. The smallest absolute Gasteiger partial charge is 0.313 e. The number of ether oxygens (including phenoxy) is 1. The maximum absolute atomic E-state index is 12.2. The maximum Gasteiger partial charge on any atom is 0.313 e. The Hall–Kier alpha value is -3.31. The van der Waals surface area contributed by atoms with Gasteiger partial charge in [-0.05, 0) is 31.4 Å². The summed E-state index contributed by atoms with van der Waals surface area (Å²) in [5.41, 5.74) is 4.85. The number of hydrogen-bond acceptors (Lipinski definition) is 5. The number of fused-ring (bicyclic) bond motifs is 1. The van der Waals surface area contributed by atoms with Gasteiger partial charge in [0, 0.05) is 22.9 Å². The van der Waals surface area contributed by atoms with E-state index in [4.69, 9.17) is 9.72 Å². The van der Waals surface area contributed by atoms with Crippen LogP contribution in [0.2, 0.25) is 0 Å². The summed E-state index contributed by atoms with van der Waals surface area (Å²) >= 11 is 0. The van der Waals surface area contributed by atoms with Gasteiger partial charge in [0.2, 0.25) is 0 Å². The molecule has 5 heteroatoms. The summed E-state index contributed by atoms with van der Waals surface area (Å²) in [4.78, 5) is 28.8. The van der Waals surface area contributed by atoms with Gasteiger partial charge in [-0.25, -0.2) is 0 Å². The Bertz CT molecular complexity index is 1150. The monoisotopic (exact) mass is 445 g/mol. The molecule has 0 aliphatic heterocycles. The van der Waals surface area contributed by atoms with Crippen molar-refractivity contribution in [3.8, 4) is 11.1 Å². The number of aliphatic hydroxyl groups is 1. The predicted octanol–water partition coefficient (Wildman–Crippen LogP) is 5.70. The average molecular weight is 446 g/mol. The van der Waals surface area contributed by atoms with E-state index in [1.165, 1.54) is 0 Å². The highest BCUT2D eigenvalue weighted by Crippen LogP contribution is 2.36. The van der Waals surface area contributed by atoms with Crippen LogP contribution in [-0.4, -0.2) is 34.1 Å². The fourth-order valence-corrected chi connectivity index (χ4v) is 3.82. The van der Waals surface area contributed by atoms with Crippen LogP contribution in [0.25, 0.3) is 28.1 Å². The second kappa shape index (κ2) is 11.0. The molecule has 5 nitrogen and oxygen atoms in total. The second-order valence-electron chi connectivity index (χ2n) is 8.71. The molecular formula is C28H31NO4. The lowest BCUT2D eigenvalue weighted by molar-refractivity contribution is -0.149. The van der Waals surface area contributed by atoms with Gasteiger partial charge in [0.15, 0.2) is 0 Å². The summed E-state index contributed by atoms with van der Waals surface area (Å²) in [5.74, 6) is -0.776. The Morgan fingerprint density at radius 2 is 1.67 bits per heavy atom. The Labute approximate surface area is 195 Å². The zero-order valence-electron chi connectivity index (χ0n) is 19.6. The molecule has 0 unspecified atom stereocenters. The van der Waals surface area contributed by atoms with Crippen molar-refractivity contribution in [1.82, 2.24) is 4.98 Å². The van der Waals surface area contributed by atoms with E-state index in [9.17, 15) is 14.7 Å². The minimum absolute atomic E-state index is 0.150. The van der Waals surface area contributed by atoms with Crippen molar-refractivity contribution < 1.29 is 19.4 Å². The van der Waals surface area contributed by atoms with Gasteiger partial charge >= 0.3 is 5.97 Å². The number of para-hydroxylation sites is 1. The molecule has 0 saturated carbocycles. The van der Waals surface area contributed by atoms with E-state index in [1.54, 1.807) is 19.9 Å². The van der Waals surface area contributed by atoms with E-state index < -0.39 is 12.1 Å². The number of esters is 1. The van der Waals surface area contributed by atoms with Crippen molar-refractivity contribution in [2.24, 2.45) is 0 Å². The van der Waals surface area contributed by atoms with Gasteiger partial charge in [0.05, 0.1) is 23.4 Å². The largest absolute Gasteiger partial charge is 0.463 e. The first-order chi connectivity index (χ1) is 15.8. The number of carbonyl (C=O) groups is 2. The van der Waals surface area contributed by atoms with Crippen LogP contribution < -0.4 is 0 Å². The van der Waals surface area contributed by atoms with Crippen LogP contribution in [0.5, 0.6) is 0 Å². The van der Waals surface area contributed by atoms with Gasteiger partial charge in [0.1, 0.15) is 12.2 Å². The van der Waals surface area contributed by atoms with Crippen molar-refractivity contribution in [2.75, 3.05) is 0 Å². The molecule has 1 atom stereocenters. The Morgan fingerprint density at radius 1 is 1.00 bits per heavy atom. The zero-order valence-corrected chi connectivity index (χ0v) is 19.6. The van der Waals surface area contributed by atoms with E-state index in [-0.39, 0.29) is 30.6 Å². The van der Waals surface area contributed by atoms with Gasteiger partial charge in [-0.15, -0.1) is 0 Å². The summed E-state index contributed by atoms with van der Waals surface area (Å²) in [6, 6.07) is 18.1. The van der Waals surface area contributed by atoms with Gasteiger partial charge in [-0.1, -0.05) is 74.5 Å². The molecule has 0 fully saturated rings. The molecule has 33 heavy (non-hydrogen) atoms. The van der Waals surface area contributed by atoms with Crippen molar-refractivity contribution >= 4 is 28.7 Å². The third-order valence-corrected chi connectivity index (χ3v) is 5.20. The number of pyridine rings is 1. The molecule has 2 aromatic carbocycles. The lowest BCUT2D eigenvalue weighted by Gasteiger charge is -2.18. The first-order valence-corrected chi connectivity index (χ1v) is 11.3. The molecule has 3 rings (SSSR count). The molecule has 1 N–H and O–H groups in total. The minimum Gasteiger partial charge on any atom is -0.463 e. The number of nitrogens with zero attached hydrogens (tertiary/aromatic N) is 1. The Balaban J connectivity index is 1.96. The van der Waals surface area contributed by atoms with Crippen LogP contribution in [0, 0.1) is 0 Å². The number of benzene rings is 2. The van der Waals surface area contributed by atoms with Crippen molar-refractivity contribution in [3.63, 3.8) is 0 Å². The molecule has 172 valence electrons. The van der Waals surface area contributed by atoms with Crippen molar-refractivity contribution in [1.29, 1.82) is 0 Å². The zero-order chi connectivity index (χ0) is 24.0. The Morgan fingerprint density at radius 3 is 2.33 bits per heavy atom. The van der Waals surface area contributed by atoms with E-state index in [0.717, 1.165) is 33.3 Å².